The third kappa shape index (κ3) is 5.60. The van der Waals surface area contributed by atoms with E-state index in [0.717, 1.165) is 53.4 Å². The van der Waals surface area contributed by atoms with Crippen LogP contribution in [0.15, 0.2) is 77.9 Å². The van der Waals surface area contributed by atoms with Crippen LogP contribution in [-0.4, -0.2) is 24.7 Å². The summed E-state index contributed by atoms with van der Waals surface area (Å²) in [4.78, 5) is -0.442. The van der Waals surface area contributed by atoms with E-state index < -0.39 is 26.7 Å². The fraction of sp³-hybridized carbons (Fsp3) is 0.208. The van der Waals surface area contributed by atoms with E-state index in [2.05, 4.69) is 22.0 Å². The van der Waals surface area contributed by atoms with Crippen molar-refractivity contribution in [3.63, 3.8) is 0 Å². The normalized spacial score (nSPS) is 14.3. The lowest BCUT2D eigenvalue weighted by Crippen LogP contribution is -2.27. The van der Waals surface area contributed by atoms with Gasteiger partial charge in [-0.25, -0.2) is 13.1 Å². The van der Waals surface area contributed by atoms with Gasteiger partial charge in [0, 0.05) is 28.9 Å². The van der Waals surface area contributed by atoms with Crippen LogP contribution in [0.25, 0.3) is 16.8 Å². The number of hydrogen-bond acceptors (Lipinski definition) is 3. The van der Waals surface area contributed by atoms with Gasteiger partial charge in [-0.15, -0.1) is 0 Å². The van der Waals surface area contributed by atoms with E-state index in [9.17, 15) is 21.6 Å². The second kappa shape index (κ2) is 9.77. The van der Waals surface area contributed by atoms with E-state index in [1.165, 1.54) is 0 Å². The first-order chi connectivity index (χ1) is 16.1. The van der Waals surface area contributed by atoms with E-state index in [0.29, 0.717) is 11.1 Å². The largest absolute Gasteiger partial charge is 0.416 e. The molecule has 3 aromatic rings. The zero-order valence-corrected chi connectivity index (χ0v) is 19.5. The molecule has 10 heteroatoms. The molecule has 0 saturated heterocycles. The Balaban J connectivity index is 1.54. The molecular formula is C24H21ClF3N3O2S. The number of alkyl halides is 3. The first kappa shape index (κ1) is 24.3. The van der Waals surface area contributed by atoms with Crippen LogP contribution in [0.5, 0.6) is 0 Å². The Morgan fingerprint density at radius 3 is 2.53 bits per heavy atom. The summed E-state index contributed by atoms with van der Waals surface area (Å²) in [6, 6.07) is 10.9. The summed E-state index contributed by atoms with van der Waals surface area (Å²) in [5.74, 6) is 0. The maximum Gasteiger partial charge on any atom is 0.416 e. The van der Waals surface area contributed by atoms with Gasteiger partial charge in [-0.05, 0) is 48.7 Å². The summed E-state index contributed by atoms with van der Waals surface area (Å²) in [6.45, 7) is 0.143. The fourth-order valence-electron chi connectivity index (χ4n) is 3.60. The number of halogens is 4. The first-order valence-electron chi connectivity index (χ1n) is 10.5. The van der Waals surface area contributed by atoms with Gasteiger partial charge in [-0.1, -0.05) is 48.0 Å². The molecule has 0 spiro atoms. The third-order valence-corrected chi connectivity index (χ3v) is 7.00. The van der Waals surface area contributed by atoms with Crippen LogP contribution in [0.1, 0.15) is 24.0 Å². The zero-order chi connectivity index (χ0) is 24.3. The number of benzene rings is 2. The van der Waals surface area contributed by atoms with E-state index in [-0.39, 0.29) is 13.1 Å². The molecule has 34 heavy (non-hydrogen) atoms. The predicted molar refractivity (Wildman–Crippen MR) is 126 cm³/mol. The van der Waals surface area contributed by atoms with Crippen molar-refractivity contribution in [1.29, 1.82) is 0 Å². The van der Waals surface area contributed by atoms with Gasteiger partial charge >= 0.3 is 6.18 Å². The molecule has 178 valence electrons. The van der Waals surface area contributed by atoms with Crippen LogP contribution in [0.3, 0.4) is 0 Å². The van der Waals surface area contributed by atoms with E-state index in [1.807, 2.05) is 24.4 Å². The van der Waals surface area contributed by atoms with Crippen LogP contribution in [0.4, 0.5) is 13.2 Å². The molecule has 0 bridgehead atoms. The quantitative estimate of drug-likeness (QED) is 0.431. The van der Waals surface area contributed by atoms with Gasteiger partial charge in [0.25, 0.3) is 0 Å². The van der Waals surface area contributed by atoms with Gasteiger partial charge in [0.15, 0.2) is 0 Å². The van der Waals surface area contributed by atoms with Gasteiger partial charge in [-0.3, -0.25) is 4.68 Å². The molecule has 0 aliphatic heterocycles. The Bertz CT molecular complexity index is 1340. The van der Waals surface area contributed by atoms with Gasteiger partial charge in [-0.2, -0.15) is 18.3 Å². The summed E-state index contributed by atoms with van der Waals surface area (Å²) in [7, 11) is -4.12. The smallest absolute Gasteiger partial charge is 0.270 e. The van der Waals surface area contributed by atoms with Crippen LogP contribution < -0.4 is 4.72 Å². The summed E-state index contributed by atoms with van der Waals surface area (Å²) < 4.78 is 67.9. The number of nitrogens with zero attached hydrogens (tertiary/aromatic N) is 2. The summed E-state index contributed by atoms with van der Waals surface area (Å²) >= 11 is 6.01. The minimum Gasteiger partial charge on any atom is -0.270 e. The van der Waals surface area contributed by atoms with Crippen molar-refractivity contribution >= 4 is 27.2 Å². The Hall–Kier alpha value is -2.88. The number of sulfonamides is 1. The molecule has 2 aromatic carbocycles. The SMILES string of the molecule is O=S(=O)(NCCn1cc(C2=CCCC=C2)c(-c2ccc(Cl)cc2)n1)c1cccc(C(F)(F)F)c1. The van der Waals surface area contributed by atoms with Crippen molar-refractivity contribution in [2.45, 2.75) is 30.5 Å². The molecule has 0 saturated carbocycles. The predicted octanol–water partition coefficient (Wildman–Crippen LogP) is 5.93. The number of rotatable bonds is 7. The van der Waals surface area contributed by atoms with Crippen LogP contribution in [0, 0.1) is 0 Å². The van der Waals surface area contributed by atoms with Gasteiger partial charge in [0.05, 0.1) is 17.0 Å². The highest BCUT2D eigenvalue weighted by molar-refractivity contribution is 7.89. The van der Waals surface area contributed by atoms with Crippen LogP contribution in [-0.2, 0) is 22.7 Å². The topological polar surface area (TPSA) is 64.0 Å². The van der Waals surface area contributed by atoms with Crippen LogP contribution >= 0.6 is 11.6 Å². The molecule has 1 aliphatic rings. The van der Waals surface area contributed by atoms with E-state index in [1.54, 1.807) is 16.8 Å². The molecule has 1 N–H and O–H groups in total. The van der Waals surface area contributed by atoms with Gasteiger partial charge < -0.3 is 0 Å². The monoisotopic (exact) mass is 507 g/mol. The minimum absolute atomic E-state index is 0.0470. The lowest BCUT2D eigenvalue weighted by Gasteiger charge is -2.10. The van der Waals surface area contributed by atoms with Crippen molar-refractivity contribution < 1.29 is 21.6 Å². The number of aromatic nitrogens is 2. The zero-order valence-electron chi connectivity index (χ0n) is 17.9. The van der Waals surface area contributed by atoms with Gasteiger partial charge in [0.2, 0.25) is 10.0 Å². The second-order valence-corrected chi connectivity index (χ2v) is 9.93. The standard InChI is InChI=1S/C24H21ClF3N3O2S/c25-20-11-9-18(10-12-20)23-22(17-5-2-1-3-6-17)16-31(30-23)14-13-29-34(32,33)21-8-4-7-19(15-21)24(26,27)28/h2,4-12,15-16,29H,1,3,13-14H2. The highest BCUT2D eigenvalue weighted by Gasteiger charge is 2.31. The Labute approximate surface area is 200 Å². The molecule has 0 amide bonds. The average molecular weight is 508 g/mol. The third-order valence-electron chi connectivity index (χ3n) is 5.29. The van der Waals surface area contributed by atoms with E-state index in [4.69, 9.17) is 11.6 Å². The Kier molecular flexibility index (Phi) is 6.97. The Morgan fingerprint density at radius 2 is 1.85 bits per heavy atom. The molecular weight excluding hydrogens is 487 g/mol. The number of hydrogen-bond donors (Lipinski definition) is 1. The molecule has 0 radical (unpaired) electrons. The summed E-state index contributed by atoms with van der Waals surface area (Å²) in [5.41, 5.74) is 2.50. The molecule has 1 aliphatic carbocycles. The molecule has 4 rings (SSSR count). The van der Waals surface area contributed by atoms with Crippen molar-refractivity contribution in [2.75, 3.05) is 6.54 Å². The Morgan fingerprint density at radius 1 is 1.09 bits per heavy atom. The van der Waals surface area contributed by atoms with E-state index >= 15 is 0 Å². The highest BCUT2D eigenvalue weighted by atomic mass is 35.5. The van der Waals surface area contributed by atoms with Crippen molar-refractivity contribution in [2.24, 2.45) is 0 Å². The minimum atomic E-state index is -4.63. The highest BCUT2D eigenvalue weighted by Crippen LogP contribution is 2.32. The molecule has 0 atom stereocenters. The first-order valence-corrected chi connectivity index (χ1v) is 12.4. The lowest BCUT2D eigenvalue weighted by atomic mass is 9.97. The van der Waals surface area contributed by atoms with Crippen molar-refractivity contribution in [3.8, 4) is 11.3 Å². The molecule has 0 unspecified atom stereocenters. The van der Waals surface area contributed by atoms with Gasteiger partial charge in [0.1, 0.15) is 5.69 Å². The lowest BCUT2D eigenvalue weighted by molar-refractivity contribution is -0.137. The van der Waals surface area contributed by atoms with Crippen molar-refractivity contribution in [3.05, 3.63) is 89.1 Å². The maximum atomic E-state index is 12.9. The number of allylic oxidation sites excluding steroid dienone is 4. The second-order valence-electron chi connectivity index (χ2n) is 7.72. The van der Waals surface area contributed by atoms with Crippen molar-refractivity contribution in [1.82, 2.24) is 14.5 Å². The molecule has 1 heterocycles. The van der Waals surface area contributed by atoms with Crippen LogP contribution in [0.2, 0.25) is 5.02 Å². The molecule has 5 nitrogen and oxygen atoms in total. The molecule has 1 aromatic heterocycles. The molecule has 0 fully saturated rings. The summed E-state index contributed by atoms with van der Waals surface area (Å²) in [5, 5.41) is 5.24. The fourth-order valence-corrected chi connectivity index (χ4v) is 4.79. The summed E-state index contributed by atoms with van der Waals surface area (Å²) in [6.07, 6.45) is 5.32. The average Bonchev–Trinajstić information content (AvgIpc) is 3.24. The maximum absolute atomic E-state index is 12.9. The number of nitrogens with one attached hydrogen (secondary N) is 1.